The Kier molecular flexibility index (Phi) is 4.97. The second-order valence-corrected chi connectivity index (χ2v) is 6.85. The molecule has 2 aromatic heterocycles. The topological polar surface area (TPSA) is 79.0 Å². The van der Waals surface area contributed by atoms with E-state index in [1.54, 1.807) is 47.6 Å². The van der Waals surface area contributed by atoms with Crippen LogP contribution in [0.25, 0.3) is 11.4 Å². The number of pyridine rings is 1. The minimum atomic E-state index is -0.371. The van der Waals surface area contributed by atoms with E-state index in [4.69, 9.17) is 0 Å². The Morgan fingerprint density at radius 2 is 2.00 bits per heavy atom. The maximum atomic E-state index is 13.8. The summed E-state index contributed by atoms with van der Waals surface area (Å²) in [6.07, 6.45) is 4.03. The van der Waals surface area contributed by atoms with Crippen LogP contribution >= 0.6 is 0 Å². The Balaban J connectivity index is 1.50. The molecule has 4 rings (SSSR count). The van der Waals surface area contributed by atoms with Crippen molar-refractivity contribution in [2.24, 2.45) is 0 Å². The zero-order valence-electron chi connectivity index (χ0n) is 15.1. The fraction of sp³-hybridized carbons (Fsp3) is 0.238. The number of carbonyl (C=O) groups excluding carboxylic acids is 1. The number of nitrogens with one attached hydrogen (secondary N) is 1. The molecule has 1 N–H and O–H groups in total. The second-order valence-electron chi connectivity index (χ2n) is 6.85. The first kappa shape index (κ1) is 18.0. The molecule has 7 heteroatoms. The second kappa shape index (κ2) is 7.72. The average molecular weight is 378 g/mol. The fourth-order valence-corrected chi connectivity index (χ4v) is 3.48. The predicted molar refractivity (Wildman–Crippen MR) is 102 cm³/mol. The van der Waals surface area contributed by atoms with Crippen molar-refractivity contribution in [1.29, 1.82) is 0 Å². The van der Waals surface area contributed by atoms with Crippen LogP contribution in [0, 0.1) is 5.82 Å². The van der Waals surface area contributed by atoms with E-state index in [-0.39, 0.29) is 29.6 Å². The number of amides is 1. The van der Waals surface area contributed by atoms with Gasteiger partial charge in [0.05, 0.1) is 12.1 Å². The number of benzene rings is 1. The van der Waals surface area contributed by atoms with Gasteiger partial charge in [0.15, 0.2) is 0 Å². The minimum Gasteiger partial charge on any atom is -0.342 e. The quantitative estimate of drug-likeness (QED) is 0.757. The Morgan fingerprint density at radius 3 is 2.79 bits per heavy atom. The van der Waals surface area contributed by atoms with E-state index in [0.717, 1.165) is 12.0 Å². The third-order valence-corrected chi connectivity index (χ3v) is 4.97. The highest BCUT2D eigenvalue weighted by Crippen LogP contribution is 2.27. The molecule has 0 unspecified atom stereocenters. The number of likely N-dealkylation sites (tertiary alicyclic amines) is 1. The molecule has 0 bridgehead atoms. The molecule has 1 aromatic carbocycles. The van der Waals surface area contributed by atoms with Crippen LogP contribution in [0.2, 0.25) is 0 Å². The Bertz CT molecular complexity index is 1050. The number of aromatic nitrogens is 3. The summed E-state index contributed by atoms with van der Waals surface area (Å²) in [6.45, 7) is 1.04. The summed E-state index contributed by atoms with van der Waals surface area (Å²) >= 11 is 0. The first-order chi connectivity index (χ1) is 13.6. The van der Waals surface area contributed by atoms with Gasteiger partial charge in [-0.3, -0.25) is 14.6 Å². The van der Waals surface area contributed by atoms with E-state index in [0.29, 0.717) is 30.2 Å². The van der Waals surface area contributed by atoms with Crippen LogP contribution in [0.4, 0.5) is 4.39 Å². The van der Waals surface area contributed by atoms with E-state index in [1.165, 1.54) is 12.1 Å². The summed E-state index contributed by atoms with van der Waals surface area (Å²) in [7, 11) is 0. The number of carbonyl (C=O) groups is 1. The lowest BCUT2D eigenvalue weighted by molar-refractivity contribution is -0.129. The van der Waals surface area contributed by atoms with Crippen molar-refractivity contribution in [2.75, 3.05) is 13.1 Å². The summed E-state index contributed by atoms with van der Waals surface area (Å²) in [5.41, 5.74) is 1.61. The van der Waals surface area contributed by atoms with Crippen molar-refractivity contribution in [3.05, 3.63) is 82.3 Å². The molecule has 1 aliphatic rings. The average Bonchev–Trinajstić information content (AvgIpc) is 3.20. The van der Waals surface area contributed by atoms with Crippen LogP contribution in [0.5, 0.6) is 0 Å². The van der Waals surface area contributed by atoms with Gasteiger partial charge < -0.3 is 9.88 Å². The van der Waals surface area contributed by atoms with Crippen LogP contribution in [-0.2, 0) is 11.2 Å². The highest BCUT2D eigenvalue weighted by molar-refractivity contribution is 5.79. The van der Waals surface area contributed by atoms with Crippen LogP contribution in [0.1, 0.15) is 23.6 Å². The number of hydrogen-bond acceptors (Lipinski definition) is 4. The van der Waals surface area contributed by atoms with Gasteiger partial charge in [-0.15, -0.1) is 0 Å². The zero-order valence-corrected chi connectivity index (χ0v) is 15.1. The third kappa shape index (κ3) is 3.83. The van der Waals surface area contributed by atoms with E-state index < -0.39 is 0 Å². The highest BCUT2D eigenvalue weighted by Gasteiger charge is 2.29. The van der Waals surface area contributed by atoms with Crippen molar-refractivity contribution in [2.45, 2.75) is 18.8 Å². The third-order valence-electron chi connectivity index (χ3n) is 4.97. The summed E-state index contributed by atoms with van der Waals surface area (Å²) in [5, 5.41) is 0. The molecule has 0 spiro atoms. The number of H-pyrrole nitrogens is 1. The number of hydrogen-bond donors (Lipinski definition) is 1. The summed E-state index contributed by atoms with van der Waals surface area (Å²) in [5.74, 6) is -0.0230. The standard InChI is InChI=1S/C21H19FN4O2/c22-17-4-2-1-3-15(17)11-20(28)26-10-7-16(13-26)18-12-19(27)25-21(24-18)14-5-8-23-9-6-14/h1-6,8-9,12,16H,7,10-11,13H2,(H,24,25,27)/t16-/m1/s1. The molecule has 3 heterocycles. The lowest BCUT2D eigenvalue weighted by Crippen LogP contribution is -2.30. The Hall–Kier alpha value is -3.35. The molecule has 0 saturated carbocycles. The number of nitrogens with zero attached hydrogens (tertiary/aromatic N) is 3. The molecule has 0 radical (unpaired) electrons. The molecule has 1 aliphatic heterocycles. The lowest BCUT2D eigenvalue weighted by Gasteiger charge is -2.17. The van der Waals surface area contributed by atoms with Gasteiger partial charge in [0, 0.05) is 43.0 Å². The molecule has 1 saturated heterocycles. The molecule has 3 aromatic rings. The lowest BCUT2D eigenvalue weighted by atomic mass is 10.0. The van der Waals surface area contributed by atoms with Gasteiger partial charge in [0.25, 0.3) is 5.56 Å². The van der Waals surface area contributed by atoms with Gasteiger partial charge in [-0.2, -0.15) is 0 Å². The van der Waals surface area contributed by atoms with Crippen LogP contribution < -0.4 is 5.56 Å². The van der Waals surface area contributed by atoms with Gasteiger partial charge in [0.2, 0.25) is 5.91 Å². The van der Waals surface area contributed by atoms with Crippen molar-refractivity contribution in [3.63, 3.8) is 0 Å². The van der Waals surface area contributed by atoms with E-state index in [1.807, 2.05) is 0 Å². The normalized spacial score (nSPS) is 16.3. The number of rotatable bonds is 4. The van der Waals surface area contributed by atoms with Gasteiger partial charge in [-0.25, -0.2) is 9.37 Å². The number of aromatic amines is 1. The van der Waals surface area contributed by atoms with Crippen LogP contribution in [-0.4, -0.2) is 38.8 Å². The van der Waals surface area contributed by atoms with Crippen LogP contribution in [0.3, 0.4) is 0 Å². The fourth-order valence-electron chi connectivity index (χ4n) is 3.48. The van der Waals surface area contributed by atoms with Crippen molar-refractivity contribution in [1.82, 2.24) is 19.9 Å². The molecule has 1 atom stereocenters. The van der Waals surface area contributed by atoms with Crippen molar-refractivity contribution >= 4 is 5.91 Å². The number of halogens is 1. The predicted octanol–water partition coefficient (Wildman–Crippen LogP) is 2.53. The summed E-state index contributed by atoms with van der Waals surface area (Å²) in [6, 6.07) is 11.4. The van der Waals surface area contributed by atoms with Gasteiger partial charge in [0.1, 0.15) is 11.6 Å². The van der Waals surface area contributed by atoms with Gasteiger partial charge in [-0.05, 0) is 30.2 Å². The first-order valence-corrected chi connectivity index (χ1v) is 9.13. The molecule has 0 aliphatic carbocycles. The van der Waals surface area contributed by atoms with Crippen molar-refractivity contribution < 1.29 is 9.18 Å². The maximum absolute atomic E-state index is 13.8. The Labute approximate surface area is 161 Å². The molecule has 6 nitrogen and oxygen atoms in total. The summed E-state index contributed by atoms with van der Waals surface area (Å²) in [4.78, 5) is 37.7. The smallest absolute Gasteiger partial charge is 0.251 e. The molecule has 142 valence electrons. The summed E-state index contributed by atoms with van der Waals surface area (Å²) < 4.78 is 13.8. The van der Waals surface area contributed by atoms with E-state index in [9.17, 15) is 14.0 Å². The van der Waals surface area contributed by atoms with Gasteiger partial charge in [-0.1, -0.05) is 18.2 Å². The first-order valence-electron chi connectivity index (χ1n) is 9.13. The van der Waals surface area contributed by atoms with Crippen molar-refractivity contribution in [3.8, 4) is 11.4 Å². The van der Waals surface area contributed by atoms with E-state index >= 15 is 0 Å². The molecule has 1 fully saturated rings. The highest BCUT2D eigenvalue weighted by atomic mass is 19.1. The van der Waals surface area contributed by atoms with Crippen LogP contribution in [0.15, 0.2) is 59.7 Å². The molecule has 1 amide bonds. The SMILES string of the molecule is O=C(Cc1ccccc1F)N1CC[C@@H](c2cc(=O)[nH]c(-c3ccncc3)n2)C1. The van der Waals surface area contributed by atoms with E-state index in [2.05, 4.69) is 15.0 Å². The van der Waals surface area contributed by atoms with Gasteiger partial charge >= 0.3 is 0 Å². The monoisotopic (exact) mass is 378 g/mol. The molecular weight excluding hydrogens is 359 g/mol. The largest absolute Gasteiger partial charge is 0.342 e. The molecule has 28 heavy (non-hydrogen) atoms. The zero-order chi connectivity index (χ0) is 19.5. The maximum Gasteiger partial charge on any atom is 0.251 e. The molecular formula is C21H19FN4O2. The Morgan fingerprint density at radius 1 is 1.21 bits per heavy atom. The minimum absolute atomic E-state index is 0.0209.